The lowest BCUT2D eigenvalue weighted by molar-refractivity contribution is 0.201. The van der Waals surface area contributed by atoms with Gasteiger partial charge >= 0.3 is 5.69 Å². The van der Waals surface area contributed by atoms with Crippen LogP contribution in [0.3, 0.4) is 0 Å². The molecule has 1 aromatic heterocycles. The normalized spacial score (nSPS) is 15.4. The van der Waals surface area contributed by atoms with Gasteiger partial charge in [0.05, 0.1) is 19.9 Å². The Morgan fingerprint density at radius 3 is 2.45 bits per heavy atom. The van der Waals surface area contributed by atoms with E-state index in [0.717, 1.165) is 55.5 Å². The first-order valence-corrected chi connectivity index (χ1v) is 9.85. The van der Waals surface area contributed by atoms with Crippen molar-refractivity contribution in [2.24, 2.45) is 0 Å². The predicted octanol–water partition coefficient (Wildman–Crippen LogP) is 2.96. The lowest BCUT2D eigenvalue weighted by Crippen LogP contribution is -2.32. The van der Waals surface area contributed by atoms with Crippen molar-refractivity contribution in [2.75, 3.05) is 27.3 Å². The second-order valence-corrected chi connectivity index (χ2v) is 7.33. The molecule has 4 rings (SSSR count). The molecule has 7 nitrogen and oxygen atoms in total. The van der Waals surface area contributed by atoms with E-state index in [2.05, 4.69) is 27.1 Å². The largest absolute Gasteiger partial charge is 0.497 e. The third-order valence-corrected chi connectivity index (χ3v) is 5.47. The number of H-pyrrole nitrogens is 1. The first-order valence-electron chi connectivity index (χ1n) is 9.85. The maximum atomic E-state index is 12.4. The third-order valence-electron chi connectivity index (χ3n) is 5.47. The molecule has 2 aromatic carbocycles. The number of ether oxygens (including phenoxy) is 2. The summed E-state index contributed by atoms with van der Waals surface area (Å²) in [5.74, 6) is 2.68. The predicted molar refractivity (Wildman–Crippen MR) is 111 cm³/mol. The Balaban J connectivity index is 1.40. The van der Waals surface area contributed by atoms with Crippen LogP contribution in [0.5, 0.6) is 11.5 Å². The number of hydrogen-bond donors (Lipinski definition) is 1. The van der Waals surface area contributed by atoms with Crippen LogP contribution < -0.4 is 15.2 Å². The Labute approximate surface area is 169 Å². The zero-order chi connectivity index (χ0) is 20.2. The molecule has 1 aliphatic heterocycles. The highest BCUT2D eigenvalue weighted by atomic mass is 16.5. The summed E-state index contributed by atoms with van der Waals surface area (Å²) in [6, 6.07) is 15.5. The van der Waals surface area contributed by atoms with Crippen molar-refractivity contribution in [1.82, 2.24) is 19.7 Å². The highest BCUT2D eigenvalue weighted by Gasteiger charge is 2.24. The van der Waals surface area contributed by atoms with Crippen LogP contribution in [0.4, 0.5) is 0 Å². The molecule has 0 aliphatic carbocycles. The summed E-state index contributed by atoms with van der Waals surface area (Å²) in [5.41, 5.74) is 1.78. The van der Waals surface area contributed by atoms with Crippen molar-refractivity contribution in [3.05, 3.63) is 70.4 Å². The molecule has 0 spiro atoms. The van der Waals surface area contributed by atoms with E-state index in [9.17, 15) is 4.79 Å². The van der Waals surface area contributed by atoms with E-state index < -0.39 is 0 Å². The molecule has 0 atom stereocenters. The van der Waals surface area contributed by atoms with Gasteiger partial charge in [0, 0.05) is 12.5 Å². The van der Waals surface area contributed by atoms with E-state index in [0.29, 0.717) is 0 Å². The van der Waals surface area contributed by atoms with Gasteiger partial charge in [-0.3, -0.25) is 9.88 Å². The summed E-state index contributed by atoms with van der Waals surface area (Å²) in [5, 5.41) is 4.56. The van der Waals surface area contributed by atoms with E-state index in [1.165, 1.54) is 10.2 Å². The molecule has 0 bridgehead atoms. The van der Waals surface area contributed by atoms with Gasteiger partial charge in [0.1, 0.15) is 17.3 Å². The molecule has 7 heteroatoms. The number of nitrogens with zero attached hydrogens (tertiary/aromatic N) is 3. The zero-order valence-corrected chi connectivity index (χ0v) is 16.8. The number of benzene rings is 2. The third kappa shape index (κ3) is 4.35. The molecule has 0 radical (unpaired) electrons. The molecule has 0 saturated carbocycles. The maximum absolute atomic E-state index is 12.4. The van der Waals surface area contributed by atoms with Crippen molar-refractivity contribution < 1.29 is 9.47 Å². The summed E-state index contributed by atoms with van der Waals surface area (Å²) in [6.45, 7) is 2.85. The van der Waals surface area contributed by atoms with Crippen molar-refractivity contribution in [1.29, 1.82) is 0 Å². The average Bonchev–Trinajstić information content (AvgIpc) is 3.16. The molecule has 0 unspecified atom stereocenters. The van der Waals surface area contributed by atoms with Crippen LogP contribution >= 0.6 is 0 Å². The molecular formula is C22H26N4O3. The maximum Gasteiger partial charge on any atom is 0.348 e. The molecule has 0 amide bonds. The first-order chi connectivity index (χ1) is 14.2. The van der Waals surface area contributed by atoms with Gasteiger partial charge in [-0.1, -0.05) is 12.1 Å². The summed E-state index contributed by atoms with van der Waals surface area (Å²) in [6.07, 6.45) is 1.94. The van der Waals surface area contributed by atoms with Gasteiger partial charge in [0.15, 0.2) is 0 Å². The molecule has 1 saturated heterocycles. The topological polar surface area (TPSA) is 72.4 Å². The highest BCUT2D eigenvalue weighted by molar-refractivity contribution is 5.36. The van der Waals surface area contributed by atoms with Gasteiger partial charge in [-0.15, -0.1) is 5.10 Å². The second kappa shape index (κ2) is 8.53. The number of rotatable bonds is 6. The summed E-state index contributed by atoms with van der Waals surface area (Å²) < 4.78 is 11.9. The number of aromatic amines is 1. The lowest BCUT2D eigenvalue weighted by Gasteiger charge is -2.30. The van der Waals surface area contributed by atoms with Crippen molar-refractivity contribution in [3.8, 4) is 17.2 Å². The van der Waals surface area contributed by atoms with E-state index in [4.69, 9.17) is 9.47 Å². The van der Waals surface area contributed by atoms with Crippen LogP contribution in [-0.2, 0) is 6.54 Å². The van der Waals surface area contributed by atoms with Crippen LogP contribution in [0.1, 0.15) is 30.1 Å². The van der Waals surface area contributed by atoms with E-state index in [-0.39, 0.29) is 11.6 Å². The van der Waals surface area contributed by atoms with Gasteiger partial charge in [-0.05, 0) is 67.9 Å². The number of nitrogens with one attached hydrogen (secondary N) is 1. The summed E-state index contributed by atoms with van der Waals surface area (Å²) in [7, 11) is 3.31. The van der Waals surface area contributed by atoms with Crippen molar-refractivity contribution in [3.63, 3.8) is 0 Å². The fourth-order valence-corrected chi connectivity index (χ4v) is 3.82. The number of aromatic nitrogens is 3. The minimum atomic E-state index is -0.205. The van der Waals surface area contributed by atoms with Crippen LogP contribution in [0.15, 0.2) is 53.3 Å². The number of piperidine rings is 1. The number of hydrogen-bond acceptors (Lipinski definition) is 5. The minimum absolute atomic E-state index is 0.205. The van der Waals surface area contributed by atoms with Gasteiger partial charge < -0.3 is 9.47 Å². The average molecular weight is 394 g/mol. The molecule has 1 fully saturated rings. The van der Waals surface area contributed by atoms with E-state index in [1.807, 2.05) is 36.4 Å². The fraction of sp³-hybridized carbons (Fsp3) is 0.364. The van der Waals surface area contributed by atoms with Crippen LogP contribution in [0, 0.1) is 0 Å². The Morgan fingerprint density at radius 2 is 1.76 bits per heavy atom. The van der Waals surface area contributed by atoms with Crippen molar-refractivity contribution >= 4 is 0 Å². The first kappa shape index (κ1) is 19.3. The molecule has 2 heterocycles. The van der Waals surface area contributed by atoms with Gasteiger partial charge in [0.25, 0.3) is 0 Å². The standard InChI is InChI=1S/C22H26N4O3/c1-28-19-8-6-18(7-9-19)26-22(27)23-21(24-26)17-10-12-25(13-11-17)15-16-4-3-5-20(14-16)29-2/h3-9,14,17H,10-13,15H2,1-2H3,(H,23,24,27). The molecule has 152 valence electrons. The Hall–Kier alpha value is -3.06. The quantitative estimate of drug-likeness (QED) is 0.696. The van der Waals surface area contributed by atoms with Crippen LogP contribution in [-0.4, -0.2) is 47.0 Å². The molecule has 3 aromatic rings. The number of likely N-dealkylation sites (tertiary alicyclic amines) is 1. The zero-order valence-electron chi connectivity index (χ0n) is 16.8. The highest BCUT2D eigenvalue weighted by Crippen LogP contribution is 2.26. The van der Waals surface area contributed by atoms with Crippen LogP contribution in [0.2, 0.25) is 0 Å². The monoisotopic (exact) mass is 394 g/mol. The van der Waals surface area contributed by atoms with Crippen LogP contribution in [0.25, 0.3) is 5.69 Å². The summed E-state index contributed by atoms with van der Waals surface area (Å²) >= 11 is 0. The second-order valence-electron chi connectivity index (χ2n) is 7.33. The smallest absolute Gasteiger partial charge is 0.348 e. The molecular weight excluding hydrogens is 368 g/mol. The summed E-state index contributed by atoms with van der Waals surface area (Å²) in [4.78, 5) is 17.8. The Morgan fingerprint density at radius 1 is 1.03 bits per heavy atom. The SMILES string of the molecule is COc1ccc(-n2nc(C3CCN(Cc4cccc(OC)c4)CC3)[nH]c2=O)cc1. The van der Waals surface area contributed by atoms with E-state index in [1.54, 1.807) is 14.2 Å². The molecule has 1 aliphatic rings. The van der Waals surface area contributed by atoms with Gasteiger partial charge in [0.2, 0.25) is 0 Å². The molecule has 1 N–H and O–H groups in total. The Bertz CT molecular complexity index is 1000. The lowest BCUT2D eigenvalue weighted by atomic mass is 9.96. The number of methoxy groups -OCH3 is 2. The van der Waals surface area contributed by atoms with E-state index >= 15 is 0 Å². The van der Waals surface area contributed by atoms with Gasteiger partial charge in [-0.2, -0.15) is 4.68 Å². The van der Waals surface area contributed by atoms with Crippen molar-refractivity contribution in [2.45, 2.75) is 25.3 Å². The Kier molecular flexibility index (Phi) is 5.67. The van der Waals surface area contributed by atoms with Gasteiger partial charge in [-0.25, -0.2) is 4.79 Å². The molecule has 29 heavy (non-hydrogen) atoms. The minimum Gasteiger partial charge on any atom is -0.497 e. The fourth-order valence-electron chi connectivity index (χ4n) is 3.82.